The molecular weight excluding hydrogens is 427 g/mol. The van der Waals surface area contributed by atoms with Crippen molar-refractivity contribution in [1.82, 2.24) is 0 Å². The molecule has 1 nitrogen and oxygen atoms in total. The van der Waals surface area contributed by atoms with E-state index in [2.05, 4.69) is 69.0 Å². The standard InChI is InChI=1S/C26H26Cl2OSi/c1-4-15-29-24-9-7-8-10-25(24)30(5-2,6-3)26-22-16-18(27)11-13-20(22)21-14-12-19(28)17-23(21)26/h4,7-14,16-17,26H,1,5-6,15H2,2-3H3. The van der Waals surface area contributed by atoms with Gasteiger partial charge in [0.15, 0.2) is 0 Å². The lowest BCUT2D eigenvalue weighted by Crippen LogP contribution is -2.52. The van der Waals surface area contributed by atoms with Gasteiger partial charge in [0.2, 0.25) is 0 Å². The Hall–Kier alpha value is -2.00. The third-order valence-corrected chi connectivity index (χ3v) is 12.7. The van der Waals surface area contributed by atoms with Crippen LogP contribution < -0.4 is 9.92 Å². The molecule has 1 aliphatic carbocycles. The van der Waals surface area contributed by atoms with Gasteiger partial charge in [-0.1, -0.05) is 92.1 Å². The maximum atomic E-state index is 6.50. The first-order chi connectivity index (χ1) is 14.6. The van der Waals surface area contributed by atoms with E-state index in [0.717, 1.165) is 27.9 Å². The van der Waals surface area contributed by atoms with Crippen LogP contribution >= 0.6 is 23.2 Å². The first-order valence-electron chi connectivity index (χ1n) is 10.5. The Kier molecular flexibility index (Phi) is 6.10. The van der Waals surface area contributed by atoms with Crippen molar-refractivity contribution in [1.29, 1.82) is 0 Å². The summed E-state index contributed by atoms with van der Waals surface area (Å²) in [5, 5.41) is 2.92. The maximum Gasteiger partial charge on any atom is 0.119 e. The summed E-state index contributed by atoms with van der Waals surface area (Å²) in [4.78, 5) is 0. The van der Waals surface area contributed by atoms with Gasteiger partial charge >= 0.3 is 0 Å². The summed E-state index contributed by atoms with van der Waals surface area (Å²) >= 11 is 13.0. The van der Waals surface area contributed by atoms with Crippen LogP contribution in [0.2, 0.25) is 22.1 Å². The predicted molar refractivity (Wildman–Crippen MR) is 132 cm³/mol. The number of rotatable bonds is 7. The number of hydrogen-bond donors (Lipinski definition) is 0. The molecule has 1 aliphatic rings. The average molecular weight is 453 g/mol. The van der Waals surface area contributed by atoms with Crippen LogP contribution in [-0.4, -0.2) is 14.7 Å². The average Bonchev–Trinajstić information content (AvgIpc) is 3.07. The molecule has 0 aromatic heterocycles. The van der Waals surface area contributed by atoms with Crippen LogP contribution in [0.4, 0.5) is 0 Å². The number of halogens is 2. The number of para-hydroxylation sites is 1. The lowest BCUT2D eigenvalue weighted by molar-refractivity contribution is 0.366. The second-order valence-electron chi connectivity index (χ2n) is 7.86. The molecule has 0 spiro atoms. The molecule has 0 saturated heterocycles. The van der Waals surface area contributed by atoms with Gasteiger partial charge in [0.1, 0.15) is 20.4 Å². The molecule has 4 rings (SSSR count). The smallest absolute Gasteiger partial charge is 0.119 e. The fourth-order valence-electron chi connectivity index (χ4n) is 5.15. The molecule has 4 heteroatoms. The normalized spacial score (nSPS) is 13.1. The van der Waals surface area contributed by atoms with E-state index in [-0.39, 0.29) is 5.54 Å². The SMILES string of the molecule is C=CCOc1ccccc1[Si](CC)(CC)C1c2cc(Cl)ccc2-c2ccc(Cl)cc21. The molecule has 30 heavy (non-hydrogen) atoms. The summed E-state index contributed by atoms with van der Waals surface area (Å²) in [6.45, 7) is 8.98. The van der Waals surface area contributed by atoms with E-state index in [4.69, 9.17) is 27.9 Å². The van der Waals surface area contributed by atoms with Gasteiger partial charge < -0.3 is 4.74 Å². The lowest BCUT2D eigenvalue weighted by atomic mass is 10.1. The number of fused-ring (bicyclic) bond motifs is 3. The first kappa shape index (κ1) is 21.2. The molecule has 0 unspecified atom stereocenters. The third-order valence-electron chi connectivity index (χ3n) is 6.53. The van der Waals surface area contributed by atoms with Crippen LogP contribution in [-0.2, 0) is 0 Å². The van der Waals surface area contributed by atoms with Gasteiger partial charge in [-0.2, -0.15) is 0 Å². The molecule has 3 aromatic rings. The van der Waals surface area contributed by atoms with Crippen LogP contribution in [0.25, 0.3) is 11.1 Å². The highest BCUT2D eigenvalue weighted by Gasteiger charge is 2.47. The van der Waals surface area contributed by atoms with Gasteiger partial charge in [-0.25, -0.2) is 0 Å². The Morgan fingerprint density at radius 1 is 0.900 bits per heavy atom. The number of ether oxygens (including phenoxy) is 1. The van der Waals surface area contributed by atoms with Crippen molar-refractivity contribution in [3.8, 4) is 16.9 Å². The molecule has 154 valence electrons. The Bertz CT molecular complexity index is 1040. The zero-order valence-corrected chi connectivity index (χ0v) is 19.9. The summed E-state index contributed by atoms with van der Waals surface area (Å²) < 4.78 is 6.14. The van der Waals surface area contributed by atoms with Gasteiger partial charge in [0.05, 0.1) is 0 Å². The molecule has 0 saturated carbocycles. The zero-order chi connectivity index (χ0) is 21.3. The molecule has 0 heterocycles. The van der Waals surface area contributed by atoms with Crippen LogP contribution in [0.3, 0.4) is 0 Å². The van der Waals surface area contributed by atoms with Gasteiger partial charge in [-0.15, -0.1) is 0 Å². The van der Waals surface area contributed by atoms with Crippen LogP contribution in [0.5, 0.6) is 5.75 Å². The highest BCUT2D eigenvalue weighted by atomic mass is 35.5. The predicted octanol–water partition coefficient (Wildman–Crippen LogP) is 7.61. The van der Waals surface area contributed by atoms with Crippen LogP contribution in [0.1, 0.15) is 30.5 Å². The van der Waals surface area contributed by atoms with E-state index < -0.39 is 8.07 Å². The van der Waals surface area contributed by atoms with Crippen molar-refractivity contribution in [3.63, 3.8) is 0 Å². The highest BCUT2D eigenvalue weighted by molar-refractivity contribution is 6.94. The summed E-state index contributed by atoms with van der Waals surface area (Å²) in [5.41, 5.74) is 5.49. The lowest BCUT2D eigenvalue weighted by Gasteiger charge is -2.38. The van der Waals surface area contributed by atoms with E-state index in [1.807, 2.05) is 12.1 Å². The Morgan fingerprint density at radius 2 is 1.47 bits per heavy atom. The Morgan fingerprint density at radius 3 is 2.00 bits per heavy atom. The largest absolute Gasteiger partial charge is 0.490 e. The molecule has 0 radical (unpaired) electrons. The van der Waals surface area contributed by atoms with Crippen LogP contribution in [0.15, 0.2) is 73.3 Å². The second-order valence-corrected chi connectivity index (χ2v) is 13.6. The minimum atomic E-state index is -2.11. The maximum absolute atomic E-state index is 6.50. The van der Waals surface area contributed by atoms with E-state index in [9.17, 15) is 0 Å². The van der Waals surface area contributed by atoms with E-state index in [0.29, 0.717) is 6.61 Å². The van der Waals surface area contributed by atoms with Crippen molar-refractivity contribution in [3.05, 3.63) is 94.5 Å². The molecule has 3 aromatic carbocycles. The summed E-state index contributed by atoms with van der Waals surface area (Å²) in [6, 6.07) is 23.4. The molecular formula is C26H26Cl2OSi. The molecule has 0 amide bonds. The van der Waals surface area contributed by atoms with Crippen molar-refractivity contribution in [2.75, 3.05) is 6.61 Å². The summed E-state index contributed by atoms with van der Waals surface area (Å²) in [5.74, 6) is 0.979. The van der Waals surface area contributed by atoms with Crippen molar-refractivity contribution in [2.45, 2.75) is 31.5 Å². The van der Waals surface area contributed by atoms with E-state index in [1.54, 1.807) is 6.08 Å². The first-order valence-corrected chi connectivity index (χ1v) is 13.7. The monoisotopic (exact) mass is 452 g/mol. The minimum absolute atomic E-state index is 0.281. The fourth-order valence-corrected chi connectivity index (χ4v) is 10.6. The van der Waals surface area contributed by atoms with Gasteiger partial charge in [-0.3, -0.25) is 0 Å². The van der Waals surface area contributed by atoms with Gasteiger partial charge in [-0.05, 0) is 57.8 Å². The molecule has 0 bridgehead atoms. The highest BCUT2D eigenvalue weighted by Crippen LogP contribution is 2.52. The molecule has 0 aliphatic heterocycles. The topological polar surface area (TPSA) is 9.23 Å². The quantitative estimate of drug-likeness (QED) is 0.264. The van der Waals surface area contributed by atoms with Gasteiger partial charge in [0, 0.05) is 15.6 Å². The van der Waals surface area contributed by atoms with Crippen molar-refractivity contribution < 1.29 is 4.74 Å². The minimum Gasteiger partial charge on any atom is -0.490 e. The summed E-state index contributed by atoms with van der Waals surface area (Å²) in [6.07, 6.45) is 1.80. The number of benzene rings is 3. The zero-order valence-electron chi connectivity index (χ0n) is 17.4. The van der Waals surface area contributed by atoms with Gasteiger partial charge in [0.25, 0.3) is 0 Å². The summed E-state index contributed by atoms with van der Waals surface area (Å²) in [7, 11) is -2.11. The van der Waals surface area contributed by atoms with E-state index in [1.165, 1.54) is 27.4 Å². The Balaban J connectivity index is 2.00. The number of hydrogen-bond acceptors (Lipinski definition) is 1. The Labute approximate surface area is 190 Å². The van der Waals surface area contributed by atoms with Crippen LogP contribution in [0, 0.1) is 0 Å². The molecule has 0 atom stereocenters. The fraction of sp³-hybridized carbons (Fsp3) is 0.231. The molecule has 0 N–H and O–H groups in total. The van der Waals surface area contributed by atoms with Crippen molar-refractivity contribution >= 4 is 36.5 Å². The van der Waals surface area contributed by atoms with E-state index >= 15 is 0 Å². The second kappa shape index (κ2) is 8.62. The molecule has 0 fully saturated rings. The van der Waals surface area contributed by atoms with Crippen molar-refractivity contribution in [2.24, 2.45) is 0 Å². The third kappa shape index (κ3) is 3.41.